The molecule has 0 radical (unpaired) electrons. The van der Waals surface area contributed by atoms with Gasteiger partial charge < -0.3 is 5.11 Å². The Morgan fingerprint density at radius 1 is 1.14 bits per heavy atom. The van der Waals surface area contributed by atoms with E-state index in [-0.39, 0.29) is 35.9 Å². The van der Waals surface area contributed by atoms with Crippen molar-refractivity contribution >= 4 is 17.3 Å². The summed E-state index contributed by atoms with van der Waals surface area (Å²) in [4.78, 5) is 39.8. The van der Waals surface area contributed by atoms with E-state index >= 15 is 0 Å². The molecule has 2 rings (SSSR count). The highest BCUT2D eigenvalue weighted by molar-refractivity contribution is 6.31. The molecular weight excluding hydrogens is 352 g/mol. The maximum absolute atomic E-state index is 13.9. The van der Waals surface area contributed by atoms with Gasteiger partial charge in [-0.15, -0.1) is 13.2 Å². The van der Waals surface area contributed by atoms with Gasteiger partial charge in [-0.2, -0.15) is 0 Å². The summed E-state index contributed by atoms with van der Waals surface area (Å²) in [6.07, 6.45) is 6.70. The van der Waals surface area contributed by atoms with Crippen LogP contribution < -0.4 is 0 Å². The van der Waals surface area contributed by atoms with Gasteiger partial charge in [0.1, 0.15) is 11.2 Å². The summed E-state index contributed by atoms with van der Waals surface area (Å²) in [5.74, 6) is -1.76. The highest BCUT2D eigenvalue weighted by Gasteiger charge is 2.71. The van der Waals surface area contributed by atoms with E-state index in [2.05, 4.69) is 19.2 Å². The molecule has 152 valence electrons. The highest BCUT2D eigenvalue weighted by atomic mass is 16.3. The monoisotopic (exact) mass is 384 g/mol. The first kappa shape index (κ1) is 22.1. The molecule has 0 aromatic rings. The van der Waals surface area contributed by atoms with E-state index in [0.717, 1.165) is 5.57 Å². The largest absolute Gasteiger partial charge is 0.510 e. The van der Waals surface area contributed by atoms with Crippen LogP contribution in [0.1, 0.15) is 60.3 Å². The minimum Gasteiger partial charge on any atom is -0.510 e. The number of Topliss-reactive ketones (excluding diaryl/α,β-unsaturated/α-hetero) is 3. The molecule has 4 nitrogen and oxygen atoms in total. The molecule has 0 saturated heterocycles. The number of rotatable bonds is 7. The summed E-state index contributed by atoms with van der Waals surface area (Å²) in [5, 5.41) is 11.0. The number of allylic oxidation sites excluding steroid dienone is 6. The van der Waals surface area contributed by atoms with Crippen molar-refractivity contribution in [1.82, 2.24) is 0 Å². The van der Waals surface area contributed by atoms with Gasteiger partial charge in [0.2, 0.25) is 0 Å². The Morgan fingerprint density at radius 3 is 2.18 bits per heavy atom. The fourth-order valence-corrected chi connectivity index (χ4v) is 5.24. The van der Waals surface area contributed by atoms with Crippen LogP contribution in [0.15, 0.2) is 48.3 Å². The van der Waals surface area contributed by atoms with Crippen LogP contribution in [0.25, 0.3) is 0 Å². The lowest BCUT2D eigenvalue weighted by Crippen LogP contribution is -2.66. The Hall–Kier alpha value is -2.23. The van der Waals surface area contributed by atoms with E-state index in [9.17, 15) is 19.5 Å². The van der Waals surface area contributed by atoms with Crippen LogP contribution in [0.3, 0.4) is 0 Å². The number of fused-ring (bicyclic) bond motifs is 2. The smallest absolute Gasteiger partial charge is 0.184 e. The molecule has 2 aliphatic rings. The number of ketones is 3. The number of hydrogen-bond acceptors (Lipinski definition) is 4. The molecule has 0 heterocycles. The predicted octanol–water partition coefficient (Wildman–Crippen LogP) is 5.07. The maximum atomic E-state index is 13.9. The lowest BCUT2D eigenvalue weighted by atomic mass is 9.40. The van der Waals surface area contributed by atoms with E-state index in [0.29, 0.717) is 12.8 Å². The Bertz CT molecular complexity index is 806. The third kappa shape index (κ3) is 2.76. The standard InChI is InChI=1S/C24H32O4/c1-8-12-23-14-17(11-10-15(3)4)22(6,7)24(13-9-2,21(23)28)20(27)18(16(5)25)19(23)26/h8-10,17,26H,1-2,11-14H2,3-7H3/t17-,23+,24-/m0/s1. The Balaban J connectivity index is 2.91. The van der Waals surface area contributed by atoms with Crippen LogP contribution in [0.2, 0.25) is 0 Å². The maximum Gasteiger partial charge on any atom is 0.184 e. The molecule has 0 amide bonds. The van der Waals surface area contributed by atoms with Crippen LogP contribution in [0, 0.1) is 22.2 Å². The van der Waals surface area contributed by atoms with E-state index < -0.39 is 27.8 Å². The molecule has 0 aromatic carbocycles. The molecular formula is C24H32O4. The van der Waals surface area contributed by atoms with E-state index in [1.54, 1.807) is 12.2 Å². The molecule has 0 aliphatic heterocycles. The number of carbonyl (C=O) groups is 3. The summed E-state index contributed by atoms with van der Waals surface area (Å²) in [7, 11) is 0. The van der Waals surface area contributed by atoms with Crippen LogP contribution >= 0.6 is 0 Å². The van der Waals surface area contributed by atoms with Crippen molar-refractivity contribution in [3.8, 4) is 0 Å². The fraction of sp³-hybridized carbons (Fsp3) is 0.542. The number of aliphatic hydroxyl groups is 1. The average molecular weight is 385 g/mol. The van der Waals surface area contributed by atoms with Crippen LogP contribution in [0.4, 0.5) is 0 Å². The van der Waals surface area contributed by atoms with Crippen molar-refractivity contribution in [2.24, 2.45) is 22.2 Å². The Morgan fingerprint density at radius 2 is 1.71 bits per heavy atom. The molecule has 4 heteroatoms. The van der Waals surface area contributed by atoms with Gasteiger partial charge >= 0.3 is 0 Å². The summed E-state index contributed by atoms with van der Waals surface area (Å²) in [5.41, 5.74) is -2.47. The van der Waals surface area contributed by atoms with Crippen molar-refractivity contribution in [2.45, 2.75) is 60.3 Å². The number of carbonyl (C=O) groups excluding carboxylic acids is 3. The van der Waals surface area contributed by atoms with Gasteiger partial charge in [0, 0.05) is 0 Å². The summed E-state index contributed by atoms with van der Waals surface area (Å²) in [6, 6.07) is 0. The normalized spacial score (nSPS) is 31.4. The van der Waals surface area contributed by atoms with Gasteiger partial charge in [-0.3, -0.25) is 14.4 Å². The minimum absolute atomic E-state index is 0.0281. The highest BCUT2D eigenvalue weighted by Crippen LogP contribution is 2.66. The molecule has 2 bridgehead atoms. The number of hydrogen-bond donors (Lipinski definition) is 1. The van der Waals surface area contributed by atoms with Crippen LogP contribution in [-0.4, -0.2) is 22.5 Å². The quantitative estimate of drug-likeness (QED) is 0.378. The van der Waals surface area contributed by atoms with Crippen LogP contribution in [0.5, 0.6) is 0 Å². The topological polar surface area (TPSA) is 71.4 Å². The summed E-state index contributed by atoms with van der Waals surface area (Å²) >= 11 is 0. The lowest BCUT2D eigenvalue weighted by molar-refractivity contribution is -0.171. The molecule has 2 aliphatic carbocycles. The van der Waals surface area contributed by atoms with Crippen molar-refractivity contribution in [1.29, 1.82) is 0 Å². The molecule has 1 N–H and O–H groups in total. The van der Waals surface area contributed by atoms with Crippen molar-refractivity contribution in [3.63, 3.8) is 0 Å². The molecule has 28 heavy (non-hydrogen) atoms. The molecule has 3 atom stereocenters. The van der Waals surface area contributed by atoms with Gasteiger partial charge in [-0.25, -0.2) is 0 Å². The fourth-order valence-electron chi connectivity index (χ4n) is 5.24. The average Bonchev–Trinajstić information content (AvgIpc) is 2.58. The Kier molecular flexibility index (Phi) is 5.76. The zero-order valence-electron chi connectivity index (χ0n) is 17.7. The van der Waals surface area contributed by atoms with Crippen LogP contribution in [-0.2, 0) is 14.4 Å². The van der Waals surface area contributed by atoms with E-state index in [1.165, 1.54) is 6.92 Å². The first-order chi connectivity index (χ1) is 12.9. The van der Waals surface area contributed by atoms with Gasteiger partial charge in [-0.1, -0.05) is 37.6 Å². The summed E-state index contributed by atoms with van der Waals surface area (Å²) < 4.78 is 0. The zero-order valence-corrected chi connectivity index (χ0v) is 17.7. The minimum atomic E-state index is -1.41. The third-order valence-corrected chi connectivity index (χ3v) is 6.95. The second-order valence-electron chi connectivity index (χ2n) is 9.05. The van der Waals surface area contributed by atoms with Crippen molar-refractivity contribution < 1.29 is 19.5 Å². The third-order valence-electron chi connectivity index (χ3n) is 6.95. The first-order valence-corrected chi connectivity index (χ1v) is 9.83. The van der Waals surface area contributed by atoms with Gasteiger partial charge in [0.15, 0.2) is 17.3 Å². The first-order valence-electron chi connectivity index (χ1n) is 9.83. The van der Waals surface area contributed by atoms with Crippen molar-refractivity contribution in [2.75, 3.05) is 0 Å². The van der Waals surface area contributed by atoms with Crippen molar-refractivity contribution in [3.05, 3.63) is 48.3 Å². The molecule has 1 fully saturated rings. The summed E-state index contributed by atoms with van der Waals surface area (Å²) in [6.45, 7) is 16.7. The molecule has 0 aromatic heterocycles. The van der Waals surface area contributed by atoms with E-state index in [4.69, 9.17) is 0 Å². The molecule has 1 saturated carbocycles. The predicted molar refractivity (Wildman–Crippen MR) is 111 cm³/mol. The van der Waals surface area contributed by atoms with Gasteiger partial charge in [0.25, 0.3) is 0 Å². The second-order valence-corrected chi connectivity index (χ2v) is 9.05. The SMILES string of the molecule is C=CC[C@@]12C[C@H](CC=C(C)C)C(C)(C)[C@@](CC=C)(C(=O)C(C(C)=O)=C1O)C2=O. The lowest BCUT2D eigenvalue weighted by Gasteiger charge is -2.60. The molecule has 0 unspecified atom stereocenters. The van der Waals surface area contributed by atoms with E-state index in [1.807, 2.05) is 27.7 Å². The number of aliphatic hydroxyl groups excluding tert-OH is 1. The van der Waals surface area contributed by atoms with Gasteiger partial charge in [0.05, 0.1) is 11.0 Å². The second kappa shape index (κ2) is 7.31. The molecule has 0 spiro atoms. The van der Waals surface area contributed by atoms with Gasteiger partial charge in [-0.05, 0) is 57.8 Å². The Labute approximate surface area is 168 Å². The zero-order chi connectivity index (χ0) is 21.5.